The highest BCUT2D eigenvalue weighted by Gasteiger charge is 2.37. The SMILES string of the molecule is CC(S)C(=O)OC(C)(C)C1CNC1. The molecule has 1 aliphatic rings. The Hall–Kier alpha value is -0.220. The van der Waals surface area contributed by atoms with E-state index >= 15 is 0 Å². The number of esters is 1. The van der Waals surface area contributed by atoms with Crippen molar-refractivity contribution in [2.45, 2.75) is 31.6 Å². The summed E-state index contributed by atoms with van der Waals surface area (Å²) in [7, 11) is 0. The van der Waals surface area contributed by atoms with Gasteiger partial charge in [0.25, 0.3) is 0 Å². The Kier molecular flexibility index (Phi) is 3.24. The molecule has 13 heavy (non-hydrogen) atoms. The molecule has 1 saturated heterocycles. The van der Waals surface area contributed by atoms with E-state index in [0.29, 0.717) is 5.92 Å². The lowest BCUT2D eigenvalue weighted by Crippen LogP contribution is -2.55. The number of thiol groups is 1. The van der Waals surface area contributed by atoms with Crippen molar-refractivity contribution in [1.29, 1.82) is 0 Å². The van der Waals surface area contributed by atoms with E-state index < -0.39 is 0 Å². The fourth-order valence-electron chi connectivity index (χ4n) is 1.21. The Bertz CT molecular complexity index is 200. The molecule has 3 nitrogen and oxygen atoms in total. The highest BCUT2D eigenvalue weighted by molar-refractivity contribution is 7.81. The maximum Gasteiger partial charge on any atom is 0.319 e. The van der Waals surface area contributed by atoms with Crippen molar-refractivity contribution in [2.75, 3.05) is 13.1 Å². The topological polar surface area (TPSA) is 38.3 Å². The van der Waals surface area contributed by atoms with Gasteiger partial charge in [0.05, 0.1) is 5.25 Å². The molecule has 0 aromatic carbocycles. The summed E-state index contributed by atoms with van der Waals surface area (Å²) >= 11 is 4.03. The largest absolute Gasteiger partial charge is 0.458 e. The van der Waals surface area contributed by atoms with E-state index in [-0.39, 0.29) is 16.8 Å². The molecule has 1 fully saturated rings. The average molecular weight is 203 g/mol. The lowest BCUT2D eigenvalue weighted by Gasteiger charge is -2.40. The molecular formula is C9H17NO2S. The van der Waals surface area contributed by atoms with Crippen molar-refractivity contribution in [3.8, 4) is 0 Å². The number of hydrogen-bond acceptors (Lipinski definition) is 4. The summed E-state index contributed by atoms with van der Waals surface area (Å²) in [6.45, 7) is 7.49. The minimum Gasteiger partial charge on any atom is -0.458 e. The highest BCUT2D eigenvalue weighted by atomic mass is 32.1. The van der Waals surface area contributed by atoms with E-state index in [1.807, 2.05) is 13.8 Å². The minimum atomic E-state index is -0.362. The van der Waals surface area contributed by atoms with Crippen LogP contribution in [0.25, 0.3) is 0 Å². The third-order valence-electron chi connectivity index (χ3n) is 2.47. The summed E-state index contributed by atoms with van der Waals surface area (Å²) in [6, 6.07) is 0. The maximum absolute atomic E-state index is 11.3. The predicted molar refractivity (Wildman–Crippen MR) is 55.0 cm³/mol. The molecule has 0 saturated carbocycles. The van der Waals surface area contributed by atoms with Crippen LogP contribution < -0.4 is 5.32 Å². The smallest absolute Gasteiger partial charge is 0.319 e. The molecule has 0 aromatic heterocycles. The molecule has 0 bridgehead atoms. The van der Waals surface area contributed by atoms with Crippen LogP contribution in [-0.4, -0.2) is 29.9 Å². The normalized spacial score (nSPS) is 20.6. The van der Waals surface area contributed by atoms with Crippen LogP contribution in [0.2, 0.25) is 0 Å². The van der Waals surface area contributed by atoms with Gasteiger partial charge in [-0.05, 0) is 20.8 Å². The second-order valence-electron chi connectivity index (χ2n) is 4.06. The second-order valence-corrected chi connectivity index (χ2v) is 4.83. The summed E-state index contributed by atoms with van der Waals surface area (Å²) in [4.78, 5) is 11.3. The molecule has 1 rings (SSSR count). The molecule has 0 aliphatic carbocycles. The standard InChI is InChI=1S/C9H17NO2S/c1-6(13)8(11)12-9(2,3)7-4-10-5-7/h6-7,10,13H,4-5H2,1-3H3. The van der Waals surface area contributed by atoms with Gasteiger partial charge in [0.2, 0.25) is 0 Å². The zero-order valence-electron chi connectivity index (χ0n) is 8.33. The van der Waals surface area contributed by atoms with Crippen LogP contribution in [0.4, 0.5) is 0 Å². The lowest BCUT2D eigenvalue weighted by molar-refractivity contribution is -0.162. The van der Waals surface area contributed by atoms with Crippen molar-refractivity contribution in [3.63, 3.8) is 0 Å². The number of hydrogen-bond donors (Lipinski definition) is 2. The molecule has 0 radical (unpaired) electrons. The fourth-order valence-corrected chi connectivity index (χ4v) is 1.26. The third-order valence-corrected chi connectivity index (χ3v) is 2.68. The molecule has 4 heteroatoms. The quantitative estimate of drug-likeness (QED) is 0.527. The van der Waals surface area contributed by atoms with Gasteiger partial charge in [-0.3, -0.25) is 4.79 Å². The van der Waals surface area contributed by atoms with Crippen LogP contribution >= 0.6 is 12.6 Å². The van der Waals surface area contributed by atoms with Crippen molar-refractivity contribution in [3.05, 3.63) is 0 Å². The zero-order valence-corrected chi connectivity index (χ0v) is 9.23. The van der Waals surface area contributed by atoms with Crippen molar-refractivity contribution >= 4 is 18.6 Å². The Labute approximate surface area is 84.6 Å². The zero-order chi connectivity index (χ0) is 10.1. The fraction of sp³-hybridized carbons (Fsp3) is 0.889. The number of nitrogens with one attached hydrogen (secondary N) is 1. The Morgan fingerprint density at radius 2 is 2.15 bits per heavy atom. The molecule has 0 aromatic rings. The summed E-state index contributed by atoms with van der Waals surface area (Å²) in [5, 5.41) is 2.82. The molecule has 76 valence electrons. The van der Waals surface area contributed by atoms with Gasteiger partial charge in [0.1, 0.15) is 5.60 Å². The van der Waals surface area contributed by atoms with Crippen LogP contribution in [-0.2, 0) is 9.53 Å². The lowest BCUT2D eigenvalue weighted by atomic mass is 9.86. The van der Waals surface area contributed by atoms with Gasteiger partial charge in [-0.2, -0.15) is 12.6 Å². The van der Waals surface area contributed by atoms with Crippen molar-refractivity contribution in [1.82, 2.24) is 5.32 Å². The van der Waals surface area contributed by atoms with Gasteiger partial charge in [-0.15, -0.1) is 0 Å². The summed E-state index contributed by atoms with van der Waals surface area (Å²) < 4.78 is 5.35. The Morgan fingerprint density at radius 3 is 2.46 bits per heavy atom. The van der Waals surface area contributed by atoms with E-state index in [1.165, 1.54) is 0 Å². The van der Waals surface area contributed by atoms with Crippen LogP contribution in [0.15, 0.2) is 0 Å². The van der Waals surface area contributed by atoms with Crippen molar-refractivity contribution < 1.29 is 9.53 Å². The molecular weight excluding hydrogens is 186 g/mol. The van der Waals surface area contributed by atoms with Gasteiger partial charge in [0, 0.05) is 19.0 Å². The molecule has 0 amide bonds. The van der Waals surface area contributed by atoms with Gasteiger partial charge < -0.3 is 10.1 Å². The number of carbonyl (C=O) groups excluding carboxylic acids is 1. The number of carbonyl (C=O) groups is 1. The van der Waals surface area contributed by atoms with E-state index in [0.717, 1.165) is 13.1 Å². The number of ether oxygens (including phenoxy) is 1. The van der Waals surface area contributed by atoms with Crippen LogP contribution in [0.5, 0.6) is 0 Å². The van der Waals surface area contributed by atoms with Crippen LogP contribution in [0.1, 0.15) is 20.8 Å². The molecule has 1 atom stereocenters. The van der Waals surface area contributed by atoms with Gasteiger partial charge in [-0.25, -0.2) is 0 Å². The Morgan fingerprint density at radius 1 is 1.62 bits per heavy atom. The predicted octanol–water partition coefficient (Wildman–Crippen LogP) is 0.846. The molecule has 0 spiro atoms. The molecule has 1 heterocycles. The van der Waals surface area contributed by atoms with Gasteiger partial charge >= 0.3 is 5.97 Å². The maximum atomic E-state index is 11.3. The highest BCUT2D eigenvalue weighted by Crippen LogP contribution is 2.25. The first-order valence-electron chi connectivity index (χ1n) is 4.55. The average Bonchev–Trinajstić information content (AvgIpc) is 1.79. The molecule has 1 unspecified atom stereocenters. The van der Waals surface area contributed by atoms with Crippen LogP contribution in [0, 0.1) is 5.92 Å². The third kappa shape index (κ3) is 2.61. The van der Waals surface area contributed by atoms with E-state index in [4.69, 9.17) is 4.74 Å². The van der Waals surface area contributed by atoms with E-state index in [9.17, 15) is 4.79 Å². The first kappa shape index (κ1) is 10.9. The van der Waals surface area contributed by atoms with E-state index in [1.54, 1.807) is 6.92 Å². The van der Waals surface area contributed by atoms with Gasteiger partial charge in [-0.1, -0.05) is 0 Å². The van der Waals surface area contributed by atoms with Crippen molar-refractivity contribution in [2.24, 2.45) is 5.92 Å². The first-order valence-corrected chi connectivity index (χ1v) is 5.07. The monoisotopic (exact) mass is 203 g/mol. The second kappa shape index (κ2) is 3.88. The minimum absolute atomic E-state index is 0.236. The summed E-state index contributed by atoms with van der Waals surface area (Å²) in [5.41, 5.74) is -0.362. The summed E-state index contributed by atoms with van der Waals surface area (Å²) in [5.74, 6) is 0.198. The molecule has 1 N–H and O–H groups in total. The van der Waals surface area contributed by atoms with Gasteiger partial charge in [0.15, 0.2) is 0 Å². The molecule has 1 aliphatic heterocycles. The van der Waals surface area contributed by atoms with Crippen LogP contribution in [0.3, 0.4) is 0 Å². The summed E-state index contributed by atoms with van der Waals surface area (Å²) in [6.07, 6.45) is 0. The number of rotatable bonds is 3. The van der Waals surface area contributed by atoms with E-state index in [2.05, 4.69) is 17.9 Å². The first-order chi connectivity index (χ1) is 5.93. The Balaban J connectivity index is 2.45.